The molecule has 0 spiro atoms. The molecule has 1 amide bonds. The van der Waals surface area contributed by atoms with Crippen LogP contribution in [0, 0.1) is 6.92 Å². The molecule has 1 aromatic rings. The van der Waals surface area contributed by atoms with E-state index in [-0.39, 0.29) is 18.0 Å². The molecule has 1 aliphatic rings. The van der Waals surface area contributed by atoms with Crippen molar-refractivity contribution in [1.29, 1.82) is 0 Å². The number of benzene rings is 1. The van der Waals surface area contributed by atoms with E-state index in [1.807, 2.05) is 6.92 Å². The Balaban J connectivity index is 2.11. The van der Waals surface area contributed by atoms with Crippen molar-refractivity contribution >= 4 is 32.0 Å². The Hall–Kier alpha value is -1.12. The molecule has 0 atom stereocenters. The van der Waals surface area contributed by atoms with Gasteiger partial charge >= 0.3 is 6.09 Å². The third kappa shape index (κ3) is 3.61. The van der Waals surface area contributed by atoms with E-state index in [1.54, 1.807) is 25.1 Å². The van der Waals surface area contributed by atoms with E-state index < -0.39 is 16.1 Å². The van der Waals surface area contributed by atoms with Gasteiger partial charge in [-0.15, -0.1) is 0 Å². The van der Waals surface area contributed by atoms with Gasteiger partial charge < -0.3 is 9.64 Å². The van der Waals surface area contributed by atoms with Gasteiger partial charge in [0, 0.05) is 30.7 Å². The first-order valence-corrected chi connectivity index (χ1v) is 9.27. The quantitative estimate of drug-likeness (QED) is 0.793. The van der Waals surface area contributed by atoms with Crippen LogP contribution in [0.3, 0.4) is 0 Å². The van der Waals surface area contributed by atoms with Gasteiger partial charge in [-0.25, -0.2) is 13.2 Å². The predicted octanol–water partition coefficient (Wildman–Crippen LogP) is 2.22. The van der Waals surface area contributed by atoms with E-state index in [0.29, 0.717) is 24.2 Å². The monoisotopic (exact) mass is 390 g/mol. The number of nitrogens with zero attached hydrogens (tertiary/aromatic N) is 2. The molecule has 122 valence electrons. The lowest BCUT2D eigenvalue weighted by atomic mass is 10.2. The molecule has 1 aliphatic heterocycles. The topological polar surface area (TPSA) is 66.9 Å². The molecule has 0 N–H and O–H groups in total. The molecule has 1 saturated heterocycles. The molecular formula is C14H19BrN2O4S. The molecule has 6 nitrogen and oxygen atoms in total. The standard InChI is InChI=1S/C14H19BrN2O4S/c1-3-21-14(18)16-6-8-17(9-7-16)22(19,20)13-5-4-11(2)10-12(13)15/h4-5,10H,3,6-9H2,1-2H3. The summed E-state index contributed by atoms with van der Waals surface area (Å²) >= 11 is 3.31. The van der Waals surface area contributed by atoms with Crippen LogP contribution in [0.5, 0.6) is 0 Å². The van der Waals surface area contributed by atoms with Gasteiger partial charge in [0.05, 0.1) is 11.5 Å². The van der Waals surface area contributed by atoms with Crippen LogP contribution in [-0.2, 0) is 14.8 Å². The molecule has 22 heavy (non-hydrogen) atoms. The van der Waals surface area contributed by atoms with E-state index in [9.17, 15) is 13.2 Å². The average molecular weight is 391 g/mol. The Morgan fingerprint density at radius 2 is 1.91 bits per heavy atom. The lowest BCUT2D eigenvalue weighted by Crippen LogP contribution is -2.50. The molecule has 0 bridgehead atoms. The lowest BCUT2D eigenvalue weighted by Gasteiger charge is -2.33. The molecule has 1 fully saturated rings. The highest BCUT2D eigenvalue weighted by atomic mass is 79.9. The van der Waals surface area contributed by atoms with Gasteiger partial charge in [-0.2, -0.15) is 4.31 Å². The Kier molecular flexibility index (Phi) is 5.46. The number of hydrogen-bond donors (Lipinski definition) is 0. The highest BCUT2D eigenvalue weighted by Gasteiger charge is 2.31. The number of sulfonamides is 1. The number of rotatable bonds is 3. The van der Waals surface area contributed by atoms with Gasteiger partial charge in [0.2, 0.25) is 10.0 Å². The van der Waals surface area contributed by atoms with Gasteiger partial charge in [-0.1, -0.05) is 6.07 Å². The van der Waals surface area contributed by atoms with Gasteiger partial charge in [-0.05, 0) is 47.5 Å². The van der Waals surface area contributed by atoms with E-state index >= 15 is 0 Å². The van der Waals surface area contributed by atoms with E-state index in [1.165, 1.54) is 9.21 Å². The number of ether oxygens (including phenoxy) is 1. The summed E-state index contributed by atoms with van der Waals surface area (Å²) in [4.78, 5) is 13.4. The van der Waals surface area contributed by atoms with Crippen LogP contribution < -0.4 is 0 Å². The van der Waals surface area contributed by atoms with Crippen LogP contribution >= 0.6 is 15.9 Å². The number of halogens is 1. The minimum absolute atomic E-state index is 0.252. The van der Waals surface area contributed by atoms with Crippen molar-refractivity contribution in [3.05, 3.63) is 28.2 Å². The first kappa shape index (κ1) is 17.2. The molecule has 0 unspecified atom stereocenters. The zero-order valence-electron chi connectivity index (χ0n) is 12.6. The van der Waals surface area contributed by atoms with Gasteiger partial charge in [-0.3, -0.25) is 0 Å². The molecule has 2 rings (SSSR count). The van der Waals surface area contributed by atoms with E-state index in [2.05, 4.69) is 15.9 Å². The van der Waals surface area contributed by atoms with Crippen LogP contribution in [0.1, 0.15) is 12.5 Å². The maximum absolute atomic E-state index is 12.7. The highest BCUT2D eigenvalue weighted by molar-refractivity contribution is 9.10. The average Bonchev–Trinajstić information content (AvgIpc) is 2.47. The predicted molar refractivity (Wildman–Crippen MR) is 86.2 cm³/mol. The van der Waals surface area contributed by atoms with Crippen molar-refractivity contribution in [1.82, 2.24) is 9.21 Å². The second-order valence-electron chi connectivity index (χ2n) is 5.02. The third-order valence-corrected chi connectivity index (χ3v) is 6.35. The van der Waals surface area contributed by atoms with E-state index in [4.69, 9.17) is 4.74 Å². The highest BCUT2D eigenvalue weighted by Crippen LogP contribution is 2.26. The molecule has 0 aromatic heterocycles. The van der Waals surface area contributed by atoms with Crippen LogP contribution in [0.25, 0.3) is 0 Å². The van der Waals surface area contributed by atoms with Crippen molar-refractivity contribution in [3.8, 4) is 0 Å². The van der Waals surface area contributed by atoms with Gasteiger partial charge in [0.25, 0.3) is 0 Å². The molecule has 0 saturated carbocycles. The summed E-state index contributed by atoms with van der Waals surface area (Å²) in [6, 6.07) is 5.15. The second kappa shape index (κ2) is 6.97. The van der Waals surface area contributed by atoms with Crippen LogP contribution in [0.15, 0.2) is 27.6 Å². The molecule has 0 aliphatic carbocycles. The second-order valence-corrected chi connectivity index (χ2v) is 7.78. The number of hydrogen-bond acceptors (Lipinski definition) is 4. The largest absolute Gasteiger partial charge is 0.450 e. The molecular weight excluding hydrogens is 372 g/mol. The number of carbonyl (C=O) groups is 1. The third-order valence-electron chi connectivity index (χ3n) is 3.47. The zero-order chi connectivity index (χ0) is 16.3. The van der Waals surface area contributed by atoms with Crippen molar-refractivity contribution < 1.29 is 17.9 Å². The number of carbonyl (C=O) groups excluding carboxylic acids is 1. The first-order chi connectivity index (χ1) is 10.4. The number of amides is 1. The van der Waals surface area contributed by atoms with Crippen molar-refractivity contribution in [2.45, 2.75) is 18.7 Å². The normalized spacial score (nSPS) is 16.6. The first-order valence-electron chi connectivity index (χ1n) is 7.04. The Morgan fingerprint density at radius 3 is 2.45 bits per heavy atom. The number of aryl methyl sites for hydroxylation is 1. The Labute approximate surface area is 139 Å². The smallest absolute Gasteiger partial charge is 0.409 e. The summed E-state index contributed by atoms with van der Waals surface area (Å²) < 4.78 is 32.3. The summed E-state index contributed by atoms with van der Waals surface area (Å²) in [5.41, 5.74) is 0.984. The summed E-state index contributed by atoms with van der Waals surface area (Å²) in [5.74, 6) is 0. The summed E-state index contributed by atoms with van der Waals surface area (Å²) in [6.07, 6.45) is -0.393. The zero-order valence-corrected chi connectivity index (χ0v) is 15.0. The SMILES string of the molecule is CCOC(=O)N1CCN(S(=O)(=O)c2ccc(C)cc2Br)CC1. The molecule has 1 heterocycles. The van der Waals surface area contributed by atoms with Gasteiger partial charge in [0.15, 0.2) is 0 Å². The van der Waals surface area contributed by atoms with Crippen molar-refractivity contribution in [3.63, 3.8) is 0 Å². The fourth-order valence-electron chi connectivity index (χ4n) is 2.28. The van der Waals surface area contributed by atoms with Crippen molar-refractivity contribution in [2.75, 3.05) is 32.8 Å². The fraction of sp³-hybridized carbons (Fsp3) is 0.500. The Morgan fingerprint density at radius 1 is 1.27 bits per heavy atom. The van der Waals surface area contributed by atoms with Gasteiger partial charge in [0.1, 0.15) is 0 Å². The molecule has 1 aromatic carbocycles. The number of piperazine rings is 1. The van der Waals surface area contributed by atoms with E-state index in [0.717, 1.165) is 5.56 Å². The fourth-order valence-corrected chi connectivity index (χ4v) is 4.85. The minimum Gasteiger partial charge on any atom is -0.450 e. The molecule has 0 radical (unpaired) electrons. The lowest BCUT2D eigenvalue weighted by molar-refractivity contribution is 0.0934. The maximum Gasteiger partial charge on any atom is 0.409 e. The van der Waals surface area contributed by atoms with Crippen LogP contribution in [0.2, 0.25) is 0 Å². The van der Waals surface area contributed by atoms with Crippen LogP contribution in [0.4, 0.5) is 4.79 Å². The summed E-state index contributed by atoms with van der Waals surface area (Å²) in [6.45, 7) is 5.16. The van der Waals surface area contributed by atoms with Crippen LogP contribution in [-0.4, -0.2) is 56.5 Å². The summed E-state index contributed by atoms with van der Waals surface area (Å²) in [5, 5.41) is 0. The Bertz CT molecular complexity index is 655. The minimum atomic E-state index is -3.56. The molecule has 8 heteroatoms. The van der Waals surface area contributed by atoms with Crippen molar-refractivity contribution in [2.24, 2.45) is 0 Å². The summed E-state index contributed by atoms with van der Waals surface area (Å²) in [7, 11) is -3.56. The maximum atomic E-state index is 12.7.